The molecule has 0 aromatic heterocycles. The number of aromatic hydroxyl groups is 2. The maximum absolute atomic E-state index is 13.5. The van der Waals surface area contributed by atoms with Gasteiger partial charge in [-0.1, -0.05) is 24.3 Å². The first kappa shape index (κ1) is 39.5. The Morgan fingerprint density at radius 2 is 0.824 bits per heavy atom. The van der Waals surface area contributed by atoms with Crippen molar-refractivity contribution in [2.45, 2.75) is 79.1 Å². The van der Waals surface area contributed by atoms with E-state index in [1.807, 2.05) is 0 Å². The Hall–Kier alpha value is -5.96. The number of carbonyl (C=O) groups excluding carboxylic acids is 6. The SMILES string of the molecule is CC(=O)Oc1c(OC(=O)CC(C)OC(C)=O)c(-c2ccc(O)cc2)c(OC(=O)CC(C)O)c(OC(=O)CC(C)OC(C)=O)c1-c1ccc(O)cc1. The molecule has 0 bridgehead atoms. The quantitative estimate of drug-likeness (QED) is 0.155. The summed E-state index contributed by atoms with van der Waals surface area (Å²) in [4.78, 5) is 75.9. The molecule has 0 fully saturated rings. The normalized spacial score (nSPS) is 12.5. The van der Waals surface area contributed by atoms with Gasteiger partial charge >= 0.3 is 35.8 Å². The van der Waals surface area contributed by atoms with Crippen molar-refractivity contribution in [3.05, 3.63) is 48.5 Å². The number of aliphatic hydroxyl groups excluding tert-OH is 1. The monoisotopic (exact) mass is 710 g/mol. The van der Waals surface area contributed by atoms with E-state index in [9.17, 15) is 44.1 Å². The summed E-state index contributed by atoms with van der Waals surface area (Å²) in [5.41, 5.74) is -0.371. The third-order valence-electron chi connectivity index (χ3n) is 6.63. The summed E-state index contributed by atoms with van der Waals surface area (Å²) in [5, 5.41) is 30.1. The maximum atomic E-state index is 13.5. The van der Waals surface area contributed by atoms with Crippen molar-refractivity contribution >= 4 is 35.8 Å². The lowest BCUT2D eigenvalue weighted by Gasteiger charge is -2.25. The van der Waals surface area contributed by atoms with E-state index in [4.69, 9.17) is 28.4 Å². The number of hydrogen-bond donors (Lipinski definition) is 3. The van der Waals surface area contributed by atoms with E-state index in [-0.39, 0.29) is 33.8 Å². The molecular formula is C36H38O15. The number of rotatable bonds is 14. The Bertz CT molecular complexity index is 1780. The first-order chi connectivity index (χ1) is 23.9. The summed E-state index contributed by atoms with van der Waals surface area (Å²) in [5.74, 6) is -7.80. The highest BCUT2D eigenvalue weighted by Gasteiger charge is 2.35. The molecule has 0 heterocycles. The molecule has 0 spiro atoms. The van der Waals surface area contributed by atoms with Gasteiger partial charge in [0.15, 0.2) is 23.0 Å². The van der Waals surface area contributed by atoms with Gasteiger partial charge in [0.1, 0.15) is 23.7 Å². The zero-order chi connectivity index (χ0) is 38.0. The molecule has 0 radical (unpaired) electrons. The Kier molecular flexibility index (Phi) is 13.6. The molecule has 15 heteroatoms. The van der Waals surface area contributed by atoms with Crippen LogP contribution < -0.4 is 18.9 Å². The van der Waals surface area contributed by atoms with Crippen LogP contribution in [-0.4, -0.2) is 69.4 Å². The van der Waals surface area contributed by atoms with E-state index in [1.54, 1.807) is 0 Å². The number of esters is 6. The second-order valence-corrected chi connectivity index (χ2v) is 11.5. The van der Waals surface area contributed by atoms with E-state index < -0.39 is 96.4 Å². The number of hydrogen-bond acceptors (Lipinski definition) is 15. The van der Waals surface area contributed by atoms with Gasteiger partial charge in [0.05, 0.1) is 36.5 Å². The Labute approximate surface area is 292 Å². The minimum Gasteiger partial charge on any atom is -0.508 e. The average Bonchev–Trinajstić information content (AvgIpc) is 2.99. The highest BCUT2D eigenvalue weighted by Crippen LogP contribution is 2.57. The van der Waals surface area contributed by atoms with Gasteiger partial charge in [-0.25, -0.2) is 0 Å². The van der Waals surface area contributed by atoms with Crippen molar-refractivity contribution in [2.75, 3.05) is 0 Å². The lowest BCUT2D eigenvalue weighted by atomic mass is 9.94. The van der Waals surface area contributed by atoms with Crippen LogP contribution >= 0.6 is 0 Å². The zero-order valence-corrected chi connectivity index (χ0v) is 28.7. The minimum absolute atomic E-state index is 0.0831. The van der Waals surface area contributed by atoms with Crippen molar-refractivity contribution in [3.8, 4) is 56.8 Å². The van der Waals surface area contributed by atoms with Crippen molar-refractivity contribution in [3.63, 3.8) is 0 Å². The maximum Gasteiger partial charge on any atom is 0.315 e. The second-order valence-electron chi connectivity index (χ2n) is 11.5. The predicted octanol–water partition coefficient (Wildman–Crippen LogP) is 4.53. The van der Waals surface area contributed by atoms with Crippen LogP contribution in [0.5, 0.6) is 34.5 Å². The van der Waals surface area contributed by atoms with Crippen LogP contribution in [0.25, 0.3) is 22.3 Å². The van der Waals surface area contributed by atoms with Crippen LogP contribution in [0.3, 0.4) is 0 Å². The number of phenols is 2. The summed E-state index contributed by atoms with van der Waals surface area (Å²) in [6.45, 7) is 7.52. The first-order valence-corrected chi connectivity index (χ1v) is 15.6. The first-order valence-electron chi connectivity index (χ1n) is 15.6. The van der Waals surface area contributed by atoms with E-state index in [1.165, 1.54) is 69.3 Å². The molecule has 51 heavy (non-hydrogen) atoms. The van der Waals surface area contributed by atoms with Crippen molar-refractivity contribution in [1.29, 1.82) is 0 Å². The summed E-state index contributed by atoms with van der Waals surface area (Å²) in [6, 6.07) is 10.3. The fraction of sp³-hybridized carbons (Fsp3) is 0.333. The van der Waals surface area contributed by atoms with Crippen LogP contribution in [0, 0.1) is 0 Å². The van der Waals surface area contributed by atoms with Crippen molar-refractivity contribution < 1.29 is 72.5 Å². The highest BCUT2D eigenvalue weighted by atomic mass is 16.6. The Morgan fingerprint density at radius 3 is 1.12 bits per heavy atom. The standard InChI is InChI=1S/C36H38O15/c1-18(37)15-28(43)49-36-32(25-9-13-27(42)14-10-25)34(50-29(44)16-19(2)46-21(4)38)33(48-23(6)40)31(24-7-11-26(41)12-8-24)35(36)51-30(45)17-20(3)47-22(5)39/h7-14,18-20,37,41-42H,15-17H2,1-6H3. The largest absolute Gasteiger partial charge is 0.508 e. The molecule has 3 atom stereocenters. The number of phenolic OH excluding ortho intramolecular Hbond substituents is 2. The van der Waals surface area contributed by atoms with Crippen LogP contribution in [-0.2, 0) is 38.2 Å². The summed E-state index contributed by atoms with van der Waals surface area (Å²) < 4.78 is 33.2. The van der Waals surface area contributed by atoms with Crippen LogP contribution in [0.1, 0.15) is 60.8 Å². The van der Waals surface area contributed by atoms with Crippen molar-refractivity contribution in [1.82, 2.24) is 0 Å². The topological polar surface area (TPSA) is 218 Å². The smallest absolute Gasteiger partial charge is 0.315 e. The molecule has 3 N–H and O–H groups in total. The van der Waals surface area contributed by atoms with Gasteiger partial charge in [-0.3, -0.25) is 28.8 Å². The molecule has 0 aliphatic heterocycles. The average molecular weight is 711 g/mol. The molecule has 3 aromatic rings. The lowest BCUT2D eigenvalue weighted by molar-refractivity contribution is -0.151. The number of carbonyl (C=O) groups is 6. The predicted molar refractivity (Wildman–Crippen MR) is 177 cm³/mol. The minimum atomic E-state index is -1.19. The second kappa shape index (κ2) is 17.6. The fourth-order valence-electron chi connectivity index (χ4n) is 4.80. The molecule has 0 aliphatic rings. The van der Waals surface area contributed by atoms with Gasteiger partial charge in [-0.15, -0.1) is 0 Å². The summed E-state index contributed by atoms with van der Waals surface area (Å²) in [7, 11) is 0. The van der Waals surface area contributed by atoms with Gasteiger partial charge in [0.25, 0.3) is 0 Å². The Balaban J connectivity index is 2.53. The number of benzene rings is 3. The fourth-order valence-corrected chi connectivity index (χ4v) is 4.80. The van der Waals surface area contributed by atoms with E-state index >= 15 is 0 Å². The molecule has 0 amide bonds. The van der Waals surface area contributed by atoms with Gasteiger partial charge < -0.3 is 43.7 Å². The van der Waals surface area contributed by atoms with Gasteiger partial charge in [-0.2, -0.15) is 0 Å². The Morgan fingerprint density at radius 1 is 0.510 bits per heavy atom. The number of ether oxygens (including phenoxy) is 6. The summed E-state index contributed by atoms with van der Waals surface area (Å²) in [6.07, 6.45) is -4.69. The van der Waals surface area contributed by atoms with E-state index in [0.717, 1.165) is 20.8 Å². The van der Waals surface area contributed by atoms with Gasteiger partial charge in [0, 0.05) is 20.8 Å². The lowest BCUT2D eigenvalue weighted by Crippen LogP contribution is -2.23. The van der Waals surface area contributed by atoms with Crippen LogP contribution in [0.15, 0.2) is 48.5 Å². The summed E-state index contributed by atoms with van der Waals surface area (Å²) >= 11 is 0. The van der Waals surface area contributed by atoms with E-state index in [0.29, 0.717) is 0 Å². The molecule has 0 saturated heterocycles. The third kappa shape index (κ3) is 11.6. The molecule has 272 valence electrons. The van der Waals surface area contributed by atoms with Gasteiger partial charge in [-0.05, 0) is 56.2 Å². The molecule has 3 unspecified atom stereocenters. The van der Waals surface area contributed by atoms with Crippen molar-refractivity contribution in [2.24, 2.45) is 0 Å². The van der Waals surface area contributed by atoms with E-state index in [2.05, 4.69) is 0 Å². The van der Waals surface area contributed by atoms with Crippen LogP contribution in [0.2, 0.25) is 0 Å². The molecule has 0 aliphatic carbocycles. The van der Waals surface area contributed by atoms with Gasteiger partial charge in [0.2, 0.25) is 0 Å². The zero-order valence-electron chi connectivity index (χ0n) is 28.7. The number of aliphatic hydroxyl groups is 1. The molecule has 0 saturated carbocycles. The third-order valence-corrected chi connectivity index (χ3v) is 6.63. The molecule has 15 nitrogen and oxygen atoms in total. The highest BCUT2D eigenvalue weighted by molar-refractivity contribution is 5.99. The molecule has 3 rings (SSSR count). The molecular weight excluding hydrogens is 672 g/mol. The molecule has 3 aromatic carbocycles. The van der Waals surface area contributed by atoms with Crippen LogP contribution in [0.4, 0.5) is 0 Å².